The fourth-order valence-electron chi connectivity index (χ4n) is 1.63. The second kappa shape index (κ2) is 6.44. The van der Waals surface area contributed by atoms with Crippen molar-refractivity contribution in [2.75, 3.05) is 19.7 Å². The molecule has 0 bridgehead atoms. The van der Waals surface area contributed by atoms with Crippen molar-refractivity contribution in [1.29, 1.82) is 0 Å². The van der Waals surface area contributed by atoms with Gasteiger partial charge in [0.15, 0.2) is 0 Å². The van der Waals surface area contributed by atoms with Crippen LogP contribution in [-0.2, 0) is 4.74 Å². The molecule has 1 unspecified atom stereocenters. The van der Waals surface area contributed by atoms with Gasteiger partial charge in [0.1, 0.15) is 0 Å². The number of nitrogens with one attached hydrogen (secondary N) is 1. The summed E-state index contributed by atoms with van der Waals surface area (Å²) in [7, 11) is 0. The second-order valence-electron chi connectivity index (χ2n) is 3.53. The van der Waals surface area contributed by atoms with E-state index in [0.717, 1.165) is 19.7 Å². The lowest BCUT2D eigenvalue weighted by Crippen LogP contribution is -2.17. The first-order valence-electron chi connectivity index (χ1n) is 5.26. The van der Waals surface area contributed by atoms with Crippen LogP contribution in [0.15, 0.2) is 0 Å². The topological polar surface area (TPSA) is 21.3 Å². The lowest BCUT2D eigenvalue weighted by Gasteiger charge is -2.08. The molecule has 0 spiro atoms. The molecule has 1 atom stereocenters. The third-order valence-corrected chi connectivity index (χ3v) is 2.33. The highest BCUT2D eigenvalue weighted by atomic mass is 16.5. The first-order valence-corrected chi connectivity index (χ1v) is 5.26. The Morgan fingerprint density at radius 2 is 2.33 bits per heavy atom. The second-order valence-corrected chi connectivity index (χ2v) is 3.53. The van der Waals surface area contributed by atoms with Crippen molar-refractivity contribution in [2.24, 2.45) is 0 Å². The number of hydrogen-bond donors (Lipinski definition) is 1. The molecule has 2 heteroatoms. The first-order chi connectivity index (χ1) is 5.93. The molecule has 1 N–H and O–H groups in total. The Morgan fingerprint density at radius 3 is 3.00 bits per heavy atom. The van der Waals surface area contributed by atoms with Gasteiger partial charge in [0.05, 0.1) is 6.10 Å². The summed E-state index contributed by atoms with van der Waals surface area (Å²) < 4.78 is 5.53. The van der Waals surface area contributed by atoms with Crippen LogP contribution >= 0.6 is 0 Å². The third-order valence-electron chi connectivity index (χ3n) is 2.33. The van der Waals surface area contributed by atoms with Crippen LogP contribution in [0.4, 0.5) is 0 Å². The molecule has 0 aromatic rings. The number of rotatable bonds is 6. The van der Waals surface area contributed by atoms with Crippen LogP contribution in [0.5, 0.6) is 0 Å². The van der Waals surface area contributed by atoms with Crippen LogP contribution in [0.1, 0.15) is 39.0 Å². The van der Waals surface area contributed by atoms with Crippen LogP contribution in [-0.4, -0.2) is 25.8 Å². The summed E-state index contributed by atoms with van der Waals surface area (Å²) in [5.41, 5.74) is 0. The van der Waals surface area contributed by atoms with Gasteiger partial charge in [0, 0.05) is 6.61 Å². The molecule has 2 nitrogen and oxygen atoms in total. The highest BCUT2D eigenvalue weighted by molar-refractivity contribution is 4.64. The van der Waals surface area contributed by atoms with E-state index in [0.29, 0.717) is 6.10 Å². The fraction of sp³-hybridized carbons (Fsp3) is 1.00. The van der Waals surface area contributed by atoms with E-state index in [4.69, 9.17) is 4.74 Å². The van der Waals surface area contributed by atoms with Gasteiger partial charge in [-0.15, -0.1) is 0 Å². The Bertz CT molecular complexity index is 100. The average molecular weight is 171 g/mol. The van der Waals surface area contributed by atoms with Crippen molar-refractivity contribution >= 4 is 0 Å². The first kappa shape index (κ1) is 10.0. The zero-order valence-corrected chi connectivity index (χ0v) is 8.14. The lowest BCUT2D eigenvalue weighted by molar-refractivity contribution is 0.102. The molecule has 0 radical (unpaired) electrons. The average Bonchev–Trinajstić information content (AvgIpc) is 2.57. The molecular weight excluding hydrogens is 150 g/mol. The molecular formula is C10H21NO. The summed E-state index contributed by atoms with van der Waals surface area (Å²) in [6.45, 7) is 5.51. The van der Waals surface area contributed by atoms with Crippen LogP contribution < -0.4 is 5.32 Å². The summed E-state index contributed by atoms with van der Waals surface area (Å²) in [4.78, 5) is 0. The van der Waals surface area contributed by atoms with Gasteiger partial charge in [-0.3, -0.25) is 0 Å². The van der Waals surface area contributed by atoms with E-state index in [-0.39, 0.29) is 0 Å². The van der Waals surface area contributed by atoms with E-state index in [9.17, 15) is 0 Å². The van der Waals surface area contributed by atoms with Crippen molar-refractivity contribution in [2.45, 2.75) is 45.1 Å². The lowest BCUT2D eigenvalue weighted by atomic mass is 10.1. The maximum atomic E-state index is 5.53. The van der Waals surface area contributed by atoms with Crippen molar-refractivity contribution in [3.63, 3.8) is 0 Å². The quantitative estimate of drug-likeness (QED) is 0.617. The highest BCUT2D eigenvalue weighted by Crippen LogP contribution is 2.16. The van der Waals surface area contributed by atoms with Gasteiger partial charge in [0.25, 0.3) is 0 Å². The molecule has 72 valence electrons. The monoisotopic (exact) mass is 171 g/mol. The Kier molecular flexibility index (Phi) is 5.37. The summed E-state index contributed by atoms with van der Waals surface area (Å²) in [6, 6.07) is 0. The van der Waals surface area contributed by atoms with Crippen LogP contribution in [0.25, 0.3) is 0 Å². The molecule has 1 aliphatic heterocycles. The van der Waals surface area contributed by atoms with E-state index in [2.05, 4.69) is 12.2 Å². The molecule has 1 heterocycles. The molecule has 0 aliphatic carbocycles. The third kappa shape index (κ3) is 4.07. The molecule has 0 aromatic heterocycles. The largest absolute Gasteiger partial charge is 0.378 e. The number of hydrogen-bond acceptors (Lipinski definition) is 2. The molecule has 0 saturated carbocycles. The molecule has 1 saturated heterocycles. The molecule has 1 rings (SSSR count). The Morgan fingerprint density at radius 1 is 1.42 bits per heavy atom. The van der Waals surface area contributed by atoms with E-state index in [1.807, 2.05) is 0 Å². The van der Waals surface area contributed by atoms with Crippen LogP contribution in [0, 0.1) is 0 Å². The smallest absolute Gasteiger partial charge is 0.0576 e. The normalized spacial score (nSPS) is 23.2. The minimum absolute atomic E-state index is 0.577. The molecule has 1 aliphatic rings. The Balaban J connectivity index is 1.81. The van der Waals surface area contributed by atoms with Gasteiger partial charge >= 0.3 is 0 Å². The van der Waals surface area contributed by atoms with Gasteiger partial charge in [0.2, 0.25) is 0 Å². The van der Waals surface area contributed by atoms with Gasteiger partial charge in [-0.1, -0.05) is 6.92 Å². The molecule has 12 heavy (non-hydrogen) atoms. The summed E-state index contributed by atoms with van der Waals surface area (Å²) in [5, 5.41) is 3.40. The zero-order chi connectivity index (χ0) is 8.65. The maximum absolute atomic E-state index is 5.53. The van der Waals surface area contributed by atoms with Gasteiger partial charge in [-0.05, 0) is 45.2 Å². The minimum Gasteiger partial charge on any atom is -0.378 e. The SMILES string of the molecule is CCCNCCCC1CCCO1. The zero-order valence-electron chi connectivity index (χ0n) is 8.14. The van der Waals surface area contributed by atoms with Crippen molar-refractivity contribution in [1.82, 2.24) is 5.32 Å². The van der Waals surface area contributed by atoms with Gasteiger partial charge < -0.3 is 10.1 Å². The van der Waals surface area contributed by atoms with Crippen molar-refractivity contribution < 1.29 is 4.74 Å². The van der Waals surface area contributed by atoms with E-state index < -0.39 is 0 Å². The number of ether oxygens (including phenoxy) is 1. The fourth-order valence-corrected chi connectivity index (χ4v) is 1.63. The molecule has 0 aromatic carbocycles. The van der Waals surface area contributed by atoms with E-state index in [1.54, 1.807) is 0 Å². The summed E-state index contributed by atoms with van der Waals surface area (Å²) >= 11 is 0. The Labute approximate surface area is 75.7 Å². The van der Waals surface area contributed by atoms with Crippen LogP contribution in [0.3, 0.4) is 0 Å². The van der Waals surface area contributed by atoms with Crippen LogP contribution in [0.2, 0.25) is 0 Å². The van der Waals surface area contributed by atoms with Gasteiger partial charge in [-0.25, -0.2) is 0 Å². The summed E-state index contributed by atoms with van der Waals surface area (Å²) in [5.74, 6) is 0. The van der Waals surface area contributed by atoms with E-state index in [1.165, 1.54) is 32.1 Å². The highest BCUT2D eigenvalue weighted by Gasteiger charge is 2.13. The summed E-state index contributed by atoms with van der Waals surface area (Å²) in [6.07, 6.45) is 6.88. The maximum Gasteiger partial charge on any atom is 0.0576 e. The predicted octanol–water partition coefficient (Wildman–Crippen LogP) is 1.95. The van der Waals surface area contributed by atoms with Crippen molar-refractivity contribution in [3.05, 3.63) is 0 Å². The van der Waals surface area contributed by atoms with Gasteiger partial charge in [-0.2, -0.15) is 0 Å². The van der Waals surface area contributed by atoms with E-state index >= 15 is 0 Å². The Hall–Kier alpha value is -0.0800. The molecule has 1 fully saturated rings. The minimum atomic E-state index is 0.577. The standard InChI is InChI=1S/C10H21NO/c1-2-7-11-8-3-5-10-6-4-9-12-10/h10-11H,2-9H2,1H3. The molecule has 0 amide bonds. The van der Waals surface area contributed by atoms with Crippen molar-refractivity contribution in [3.8, 4) is 0 Å². The predicted molar refractivity (Wildman–Crippen MR) is 51.4 cm³/mol.